The maximum atomic E-state index is 12.4. The molecule has 0 unspecified atom stereocenters. The number of nitrogens with one attached hydrogen (secondary N) is 1. The minimum Gasteiger partial charge on any atom is -0.480 e. The quantitative estimate of drug-likeness (QED) is 0.537. The van der Waals surface area contributed by atoms with E-state index in [1.54, 1.807) is 0 Å². The lowest BCUT2D eigenvalue weighted by atomic mass is 9.98. The summed E-state index contributed by atoms with van der Waals surface area (Å²) in [5.74, 6) is -1.19. The Hall–Kier alpha value is -3.12. The van der Waals surface area contributed by atoms with Gasteiger partial charge in [0.2, 0.25) is 0 Å². The van der Waals surface area contributed by atoms with Crippen LogP contribution in [0.5, 0.6) is 0 Å². The molecular formula is C24H20BrNO4. The van der Waals surface area contributed by atoms with E-state index in [1.807, 2.05) is 60.7 Å². The minimum atomic E-state index is -1.11. The number of alkyl carbamates (subject to hydrolysis) is 1. The molecule has 0 heterocycles. The number of carboxylic acids is 1. The van der Waals surface area contributed by atoms with Gasteiger partial charge in [0.1, 0.15) is 12.6 Å². The highest BCUT2D eigenvalue weighted by atomic mass is 79.9. The average molecular weight is 466 g/mol. The van der Waals surface area contributed by atoms with Crippen LogP contribution in [0.3, 0.4) is 0 Å². The largest absolute Gasteiger partial charge is 0.480 e. The number of rotatable bonds is 6. The maximum absolute atomic E-state index is 12.4. The molecule has 1 aliphatic carbocycles. The number of benzene rings is 3. The number of ether oxygens (including phenoxy) is 1. The van der Waals surface area contributed by atoms with Gasteiger partial charge in [0.15, 0.2) is 0 Å². The highest BCUT2D eigenvalue weighted by Crippen LogP contribution is 2.44. The zero-order valence-electron chi connectivity index (χ0n) is 16.0. The van der Waals surface area contributed by atoms with Crippen LogP contribution in [-0.2, 0) is 16.0 Å². The van der Waals surface area contributed by atoms with Crippen LogP contribution in [0.2, 0.25) is 0 Å². The van der Waals surface area contributed by atoms with Crippen LogP contribution in [-0.4, -0.2) is 29.8 Å². The smallest absolute Gasteiger partial charge is 0.407 e. The van der Waals surface area contributed by atoms with Crippen LogP contribution in [0.1, 0.15) is 22.6 Å². The van der Waals surface area contributed by atoms with Crippen LogP contribution in [0.4, 0.5) is 4.79 Å². The molecule has 6 heteroatoms. The summed E-state index contributed by atoms with van der Waals surface area (Å²) in [7, 11) is 0. The van der Waals surface area contributed by atoms with Gasteiger partial charge < -0.3 is 15.2 Å². The number of carbonyl (C=O) groups excluding carboxylic acids is 1. The fourth-order valence-corrected chi connectivity index (χ4v) is 4.31. The summed E-state index contributed by atoms with van der Waals surface area (Å²) in [5.41, 5.74) is 5.28. The molecule has 1 aliphatic rings. The molecule has 3 aromatic carbocycles. The van der Waals surface area contributed by atoms with Crippen molar-refractivity contribution in [3.63, 3.8) is 0 Å². The van der Waals surface area contributed by atoms with Crippen molar-refractivity contribution >= 4 is 28.0 Å². The fourth-order valence-electron chi connectivity index (χ4n) is 3.87. The summed E-state index contributed by atoms with van der Waals surface area (Å²) in [5, 5.41) is 12.0. The van der Waals surface area contributed by atoms with Gasteiger partial charge in [0, 0.05) is 16.8 Å². The average Bonchev–Trinajstić information content (AvgIpc) is 3.07. The number of amides is 1. The lowest BCUT2D eigenvalue weighted by molar-refractivity contribution is -0.139. The van der Waals surface area contributed by atoms with Crippen molar-refractivity contribution in [1.82, 2.24) is 5.32 Å². The van der Waals surface area contributed by atoms with E-state index in [0.29, 0.717) is 0 Å². The van der Waals surface area contributed by atoms with Crippen molar-refractivity contribution in [2.45, 2.75) is 18.4 Å². The number of hydrogen-bond donors (Lipinski definition) is 2. The third-order valence-electron chi connectivity index (χ3n) is 5.32. The van der Waals surface area contributed by atoms with Crippen molar-refractivity contribution in [3.05, 3.63) is 94.0 Å². The molecule has 1 amide bonds. The van der Waals surface area contributed by atoms with E-state index in [-0.39, 0.29) is 18.9 Å². The zero-order chi connectivity index (χ0) is 21.1. The normalized spacial score (nSPS) is 13.2. The molecule has 0 saturated heterocycles. The van der Waals surface area contributed by atoms with E-state index in [1.165, 1.54) is 0 Å². The first-order valence-electron chi connectivity index (χ1n) is 9.62. The van der Waals surface area contributed by atoms with Crippen molar-refractivity contribution in [2.75, 3.05) is 6.61 Å². The Morgan fingerprint density at radius 3 is 2.10 bits per heavy atom. The van der Waals surface area contributed by atoms with Crippen molar-refractivity contribution in [2.24, 2.45) is 0 Å². The molecule has 152 valence electrons. The molecule has 0 aliphatic heterocycles. The van der Waals surface area contributed by atoms with E-state index >= 15 is 0 Å². The Kier molecular flexibility index (Phi) is 5.86. The van der Waals surface area contributed by atoms with Gasteiger partial charge in [-0.05, 0) is 33.9 Å². The van der Waals surface area contributed by atoms with Crippen LogP contribution < -0.4 is 5.32 Å². The summed E-state index contributed by atoms with van der Waals surface area (Å²) in [4.78, 5) is 24.1. The first-order valence-corrected chi connectivity index (χ1v) is 10.4. The first-order chi connectivity index (χ1) is 14.5. The lowest BCUT2D eigenvalue weighted by Crippen LogP contribution is -2.43. The van der Waals surface area contributed by atoms with E-state index in [2.05, 4.69) is 33.4 Å². The van der Waals surface area contributed by atoms with Gasteiger partial charge in [-0.3, -0.25) is 0 Å². The Labute approximate surface area is 182 Å². The second-order valence-corrected chi connectivity index (χ2v) is 8.01. The SMILES string of the molecule is O=C(N[C@H](Cc1ccccc1Br)C(=O)O)OCC1c2ccccc2-c2ccccc21. The zero-order valence-corrected chi connectivity index (χ0v) is 17.6. The fraction of sp³-hybridized carbons (Fsp3) is 0.167. The van der Waals surface area contributed by atoms with E-state index in [4.69, 9.17) is 4.74 Å². The number of carboxylic acid groups (broad SMARTS) is 1. The Morgan fingerprint density at radius 1 is 0.933 bits per heavy atom. The van der Waals surface area contributed by atoms with E-state index in [0.717, 1.165) is 32.3 Å². The Morgan fingerprint density at radius 2 is 1.50 bits per heavy atom. The standard InChI is InChI=1S/C24H20BrNO4/c25-21-12-6-1-7-15(21)13-22(23(27)28)26-24(29)30-14-20-18-10-4-2-8-16(18)17-9-3-5-11-19(17)20/h1-12,20,22H,13-14H2,(H,26,29)(H,27,28)/t22-/m1/s1. The number of aliphatic carboxylic acids is 1. The highest BCUT2D eigenvalue weighted by Gasteiger charge is 2.29. The maximum Gasteiger partial charge on any atom is 0.407 e. The predicted molar refractivity (Wildman–Crippen MR) is 117 cm³/mol. The molecule has 30 heavy (non-hydrogen) atoms. The summed E-state index contributed by atoms with van der Waals surface area (Å²) < 4.78 is 6.26. The summed E-state index contributed by atoms with van der Waals surface area (Å²) in [6, 6.07) is 22.4. The molecular weight excluding hydrogens is 446 g/mol. The van der Waals surface area contributed by atoms with Crippen LogP contribution in [0, 0.1) is 0 Å². The lowest BCUT2D eigenvalue weighted by Gasteiger charge is -2.18. The van der Waals surface area contributed by atoms with Crippen LogP contribution >= 0.6 is 15.9 Å². The molecule has 4 rings (SSSR count). The van der Waals surface area contributed by atoms with Crippen LogP contribution in [0.15, 0.2) is 77.3 Å². The van der Waals surface area contributed by atoms with Gasteiger partial charge in [-0.15, -0.1) is 0 Å². The number of hydrogen-bond acceptors (Lipinski definition) is 3. The monoisotopic (exact) mass is 465 g/mol. The highest BCUT2D eigenvalue weighted by molar-refractivity contribution is 9.10. The van der Waals surface area contributed by atoms with Gasteiger partial charge in [0.25, 0.3) is 0 Å². The van der Waals surface area contributed by atoms with Crippen molar-refractivity contribution in [3.8, 4) is 11.1 Å². The van der Waals surface area contributed by atoms with E-state index in [9.17, 15) is 14.7 Å². The Balaban J connectivity index is 1.44. The summed E-state index contributed by atoms with van der Waals surface area (Å²) in [6.07, 6.45) is -0.586. The number of carbonyl (C=O) groups is 2. The third kappa shape index (κ3) is 4.09. The van der Waals surface area contributed by atoms with E-state index < -0.39 is 18.1 Å². The second-order valence-electron chi connectivity index (χ2n) is 7.16. The number of fused-ring (bicyclic) bond motifs is 3. The minimum absolute atomic E-state index is 0.0744. The molecule has 0 fully saturated rings. The van der Waals surface area contributed by atoms with Crippen molar-refractivity contribution < 1.29 is 19.4 Å². The summed E-state index contributed by atoms with van der Waals surface area (Å²) in [6.45, 7) is 0.140. The van der Waals surface area contributed by atoms with Crippen LogP contribution in [0.25, 0.3) is 11.1 Å². The molecule has 0 bridgehead atoms. The second kappa shape index (κ2) is 8.71. The molecule has 5 nitrogen and oxygen atoms in total. The molecule has 2 N–H and O–H groups in total. The van der Waals surface area contributed by atoms with Gasteiger partial charge in [0.05, 0.1) is 0 Å². The summed E-state index contributed by atoms with van der Waals surface area (Å²) >= 11 is 3.41. The first kappa shape index (κ1) is 20.2. The molecule has 0 radical (unpaired) electrons. The molecule has 0 aromatic heterocycles. The topological polar surface area (TPSA) is 75.6 Å². The van der Waals surface area contributed by atoms with Gasteiger partial charge in [-0.2, -0.15) is 0 Å². The third-order valence-corrected chi connectivity index (χ3v) is 6.09. The molecule has 0 saturated carbocycles. The van der Waals surface area contributed by atoms with Crippen molar-refractivity contribution in [1.29, 1.82) is 0 Å². The molecule has 1 atom stereocenters. The molecule has 0 spiro atoms. The van der Waals surface area contributed by atoms with Gasteiger partial charge in [-0.1, -0.05) is 82.7 Å². The Bertz CT molecular complexity index is 1050. The predicted octanol–water partition coefficient (Wildman–Crippen LogP) is 4.98. The number of halogens is 1. The van der Waals surface area contributed by atoms with Gasteiger partial charge >= 0.3 is 12.1 Å². The van der Waals surface area contributed by atoms with Gasteiger partial charge in [-0.25, -0.2) is 9.59 Å². The molecule has 3 aromatic rings.